The maximum atomic E-state index is 14.5. The fraction of sp³-hybridized carbons (Fsp3) is 0.278. The zero-order valence-electron chi connectivity index (χ0n) is 13.6. The highest BCUT2D eigenvalue weighted by Crippen LogP contribution is 2.25. The van der Waals surface area contributed by atoms with Crippen LogP contribution in [0.5, 0.6) is 5.75 Å². The molecule has 25 heavy (non-hydrogen) atoms. The Morgan fingerprint density at radius 2 is 1.92 bits per heavy atom. The second-order valence-corrected chi connectivity index (χ2v) is 5.69. The monoisotopic (exact) mass is 368 g/mol. The minimum atomic E-state index is -0.840. The molecule has 1 aliphatic rings. The highest BCUT2D eigenvalue weighted by atomic mass is 35.5. The average molecular weight is 369 g/mol. The van der Waals surface area contributed by atoms with Gasteiger partial charge in [-0.25, -0.2) is 8.78 Å². The number of hydrogen-bond donors (Lipinski definition) is 2. The Hall–Kier alpha value is -2.18. The Morgan fingerprint density at radius 1 is 1.20 bits per heavy atom. The number of nitrogens with one attached hydrogen (secondary N) is 2. The Morgan fingerprint density at radius 3 is 2.64 bits per heavy atom. The van der Waals surface area contributed by atoms with Crippen LogP contribution in [0, 0.1) is 11.6 Å². The Labute approximate surface area is 151 Å². The molecule has 0 saturated carbocycles. The molecule has 0 saturated heterocycles. The van der Waals surface area contributed by atoms with Crippen LogP contribution >= 0.6 is 12.4 Å². The molecule has 1 atom stereocenters. The van der Waals surface area contributed by atoms with Crippen molar-refractivity contribution in [2.75, 3.05) is 11.9 Å². The fourth-order valence-electron chi connectivity index (χ4n) is 2.64. The van der Waals surface area contributed by atoms with Crippen LogP contribution in [0.25, 0.3) is 0 Å². The van der Waals surface area contributed by atoms with E-state index in [1.807, 2.05) is 6.07 Å². The lowest BCUT2D eigenvalue weighted by atomic mass is 9.99. The molecule has 1 heterocycles. The summed E-state index contributed by atoms with van der Waals surface area (Å²) < 4.78 is 32.8. The van der Waals surface area contributed by atoms with Crippen molar-refractivity contribution in [2.45, 2.75) is 26.0 Å². The van der Waals surface area contributed by atoms with E-state index in [1.165, 1.54) is 24.3 Å². The van der Waals surface area contributed by atoms with E-state index in [9.17, 15) is 13.6 Å². The number of amides is 1. The predicted molar refractivity (Wildman–Crippen MR) is 94.2 cm³/mol. The van der Waals surface area contributed by atoms with E-state index in [0.717, 1.165) is 5.56 Å². The van der Waals surface area contributed by atoms with Crippen molar-refractivity contribution in [1.29, 1.82) is 0 Å². The largest absolute Gasteiger partial charge is 0.481 e. The molecule has 1 amide bonds. The van der Waals surface area contributed by atoms with E-state index in [-0.39, 0.29) is 23.9 Å². The lowest BCUT2D eigenvalue weighted by Crippen LogP contribution is -2.31. The van der Waals surface area contributed by atoms with Gasteiger partial charge in [-0.1, -0.05) is 6.07 Å². The Bertz CT molecular complexity index is 753. The van der Waals surface area contributed by atoms with Crippen LogP contribution in [-0.4, -0.2) is 18.6 Å². The summed E-state index contributed by atoms with van der Waals surface area (Å²) in [7, 11) is 0. The van der Waals surface area contributed by atoms with Gasteiger partial charge >= 0.3 is 0 Å². The number of fused-ring (bicyclic) bond motifs is 1. The summed E-state index contributed by atoms with van der Waals surface area (Å²) in [6, 6.07) is 8.74. The summed E-state index contributed by atoms with van der Waals surface area (Å²) in [5.41, 5.74) is 1.70. The van der Waals surface area contributed by atoms with Gasteiger partial charge in [0.25, 0.3) is 5.91 Å². The molecule has 4 nitrogen and oxygen atoms in total. The van der Waals surface area contributed by atoms with Crippen LogP contribution in [0.15, 0.2) is 36.4 Å². The molecule has 2 N–H and O–H groups in total. The quantitative estimate of drug-likeness (QED) is 0.869. The van der Waals surface area contributed by atoms with E-state index in [1.54, 1.807) is 13.0 Å². The second-order valence-electron chi connectivity index (χ2n) is 5.69. The lowest BCUT2D eigenvalue weighted by Gasteiger charge is -2.20. The number of hydrogen-bond acceptors (Lipinski definition) is 3. The van der Waals surface area contributed by atoms with Crippen LogP contribution in [0.4, 0.5) is 14.5 Å². The number of rotatable bonds is 4. The third-order valence-electron chi connectivity index (χ3n) is 3.96. The first-order valence-electron chi connectivity index (χ1n) is 7.78. The Balaban J connectivity index is 0.00000225. The van der Waals surface area contributed by atoms with Gasteiger partial charge in [0.2, 0.25) is 0 Å². The van der Waals surface area contributed by atoms with Crippen LogP contribution in [0.3, 0.4) is 0 Å². The maximum Gasteiger partial charge on any atom is 0.265 e. The average Bonchev–Trinajstić information content (AvgIpc) is 2.59. The number of anilines is 1. The lowest BCUT2D eigenvalue weighted by molar-refractivity contribution is -0.122. The standard InChI is InChI=1S/C18H18F2N2O2.ClH/c1-11(24-14-5-3-13(19)4-6-14)18(23)22-16-7-2-12-10-21-9-8-15(12)17(16)20;/h2-7,11,21H,8-10H2,1H3,(H,22,23);1H. The minimum absolute atomic E-state index is 0. The highest BCUT2D eigenvalue weighted by molar-refractivity contribution is 5.94. The van der Waals surface area contributed by atoms with E-state index < -0.39 is 17.8 Å². The van der Waals surface area contributed by atoms with Crippen molar-refractivity contribution in [3.05, 3.63) is 59.2 Å². The number of carbonyl (C=O) groups excluding carboxylic acids is 1. The molecule has 3 rings (SSSR count). The SMILES string of the molecule is CC(Oc1ccc(F)cc1)C(=O)Nc1ccc2c(c1F)CCNC2.Cl. The number of carbonyl (C=O) groups is 1. The van der Waals surface area contributed by atoms with Crippen LogP contribution in [-0.2, 0) is 17.8 Å². The van der Waals surface area contributed by atoms with Gasteiger partial charge in [0.1, 0.15) is 17.4 Å². The summed E-state index contributed by atoms with van der Waals surface area (Å²) in [4.78, 5) is 12.2. The van der Waals surface area contributed by atoms with Crippen molar-refractivity contribution in [1.82, 2.24) is 5.32 Å². The van der Waals surface area contributed by atoms with Gasteiger partial charge in [-0.15, -0.1) is 12.4 Å². The zero-order chi connectivity index (χ0) is 17.1. The van der Waals surface area contributed by atoms with Gasteiger partial charge in [-0.2, -0.15) is 0 Å². The molecular formula is C18H19ClF2N2O2. The molecule has 2 aromatic carbocycles. The molecule has 1 unspecified atom stereocenters. The zero-order valence-corrected chi connectivity index (χ0v) is 14.5. The third kappa shape index (κ3) is 4.46. The molecule has 0 aromatic heterocycles. The van der Waals surface area contributed by atoms with Crippen molar-refractivity contribution in [3.8, 4) is 5.75 Å². The minimum Gasteiger partial charge on any atom is -0.481 e. The first kappa shape index (κ1) is 19.1. The van der Waals surface area contributed by atoms with Crippen molar-refractivity contribution >= 4 is 24.0 Å². The van der Waals surface area contributed by atoms with Gasteiger partial charge in [0.05, 0.1) is 5.69 Å². The van der Waals surface area contributed by atoms with Crippen molar-refractivity contribution in [3.63, 3.8) is 0 Å². The van der Waals surface area contributed by atoms with Crippen LogP contribution in [0.2, 0.25) is 0 Å². The molecule has 2 aromatic rings. The van der Waals surface area contributed by atoms with Gasteiger partial charge in [0, 0.05) is 6.54 Å². The van der Waals surface area contributed by atoms with E-state index in [4.69, 9.17) is 4.74 Å². The van der Waals surface area contributed by atoms with Crippen molar-refractivity contribution < 1.29 is 18.3 Å². The topological polar surface area (TPSA) is 50.4 Å². The first-order chi connectivity index (χ1) is 11.5. The molecule has 0 aliphatic carbocycles. The summed E-state index contributed by atoms with van der Waals surface area (Å²) in [6.07, 6.45) is -0.250. The first-order valence-corrected chi connectivity index (χ1v) is 7.78. The van der Waals surface area contributed by atoms with Gasteiger partial charge in [0.15, 0.2) is 6.10 Å². The van der Waals surface area contributed by atoms with Gasteiger partial charge in [-0.05, 0) is 61.3 Å². The molecule has 0 spiro atoms. The second kappa shape index (κ2) is 8.27. The van der Waals surface area contributed by atoms with E-state index in [0.29, 0.717) is 30.8 Å². The predicted octanol–water partition coefficient (Wildman–Crippen LogP) is 3.44. The maximum absolute atomic E-state index is 14.5. The molecular weight excluding hydrogens is 350 g/mol. The van der Waals surface area contributed by atoms with Crippen LogP contribution in [0.1, 0.15) is 18.1 Å². The smallest absolute Gasteiger partial charge is 0.265 e. The van der Waals surface area contributed by atoms with Gasteiger partial charge in [-0.3, -0.25) is 4.79 Å². The van der Waals surface area contributed by atoms with E-state index in [2.05, 4.69) is 10.6 Å². The summed E-state index contributed by atoms with van der Waals surface area (Å²) in [6.45, 7) is 2.90. The molecule has 134 valence electrons. The van der Waals surface area contributed by atoms with Gasteiger partial charge < -0.3 is 15.4 Å². The third-order valence-corrected chi connectivity index (χ3v) is 3.96. The van der Waals surface area contributed by atoms with E-state index >= 15 is 0 Å². The number of benzene rings is 2. The van der Waals surface area contributed by atoms with Crippen molar-refractivity contribution in [2.24, 2.45) is 0 Å². The van der Waals surface area contributed by atoms with Crippen LogP contribution < -0.4 is 15.4 Å². The fourth-order valence-corrected chi connectivity index (χ4v) is 2.64. The summed E-state index contributed by atoms with van der Waals surface area (Å²) in [5, 5.41) is 5.74. The number of ether oxygens (including phenoxy) is 1. The molecule has 7 heteroatoms. The highest BCUT2D eigenvalue weighted by Gasteiger charge is 2.20. The molecule has 0 radical (unpaired) electrons. The molecule has 0 fully saturated rings. The number of halogens is 3. The summed E-state index contributed by atoms with van der Waals surface area (Å²) >= 11 is 0. The normalized spacial score (nSPS) is 14.0. The Kier molecular flexibility index (Phi) is 6.33. The molecule has 1 aliphatic heterocycles. The summed E-state index contributed by atoms with van der Waals surface area (Å²) in [5.74, 6) is -0.871. The molecule has 0 bridgehead atoms.